The van der Waals surface area contributed by atoms with Gasteiger partial charge < -0.3 is 24.8 Å². The van der Waals surface area contributed by atoms with Crippen molar-refractivity contribution in [1.29, 1.82) is 0 Å². The molecule has 5 aromatic carbocycles. The molecule has 252 valence electrons. The van der Waals surface area contributed by atoms with Crippen LogP contribution in [-0.4, -0.2) is 19.4 Å². The Morgan fingerprint density at radius 2 is 1.02 bits per heavy atom. The normalized spacial score (nSPS) is 11.3. The minimum absolute atomic E-state index is 0. The zero-order valence-corrected chi connectivity index (χ0v) is 35.7. The molecule has 0 saturated carbocycles. The Hall–Kier alpha value is -2.00. The molecule has 1 aliphatic rings. The summed E-state index contributed by atoms with van der Waals surface area (Å²) in [6, 6.07) is 55.6. The molecule has 0 saturated heterocycles. The van der Waals surface area contributed by atoms with E-state index in [-0.39, 0.29) is 24.8 Å². The van der Waals surface area contributed by atoms with Crippen molar-refractivity contribution in [2.45, 2.75) is 84.2 Å². The maximum Gasteiger partial charge on any atom is -0.0253 e. The van der Waals surface area contributed by atoms with Crippen molar-refractivity contribution in [3.8, 4) is 11.1 Å². The molecule has 0 aromatic heterocycles. The molecule has 6 rings (SSSR count). The van der Waals surface area contributed by atoms with Crippen LogP contribution in [0.3, 0.4) is 0 Å². The molecule has 5 heteroatoms. The summed E-state index contributed by atoms with van der Waals surface area (Å²) < 4.78 is 1.49. The summed E-state index contributed by atoms with van der Waals surface area (Å²) in [5.41, 5.74) is 8.33. The van der Waals surface area contributed by atoms with Crippen LogP contribution >= 0.6 is 0 Å². The molecule has 1 aliphatic carbocycles. The summed E-state index contributed by atoms with van der Waals surface area (Å²) >= 11 is 1.50. The molecule has 0 spiro atoms. The minimum Gasteiger partial charge on any atom is -1.00 e. The number of benzene rings is 4. The fraction of sp³-hybridized carbons (Fsp3) is 0.302. The van der Waals surface area contributed by atoms with Crippen LogP contribution in [0.25, 0.3) is 11.1 Å². The molecule has 0 fully saturated rings. The van der Waals surface area contributed by atoms with Gasteiger partial charge in [0.15, 0.2) is 0 Å². The predicted molar refractivity (Wildman–Crippen MR) is 205 cm³/mol. The fourth-order valence-corrected chi connectivity index (χ4v) is 15.2. The second-order valence-electron chi connectivity index (χ2n) is 12.6. The maximum absolute atomic E-state index is 3.30. The predicted octanol–water partition coefficient (Wildman–Crippen LogP) is 4.70. The summed E-state index contributed by atoms with van der Waals surface area (Å²) in [6.45, 7) is 14.3. The molecule has 0 bridgehead atoms. The summed E-state index contributed by atoms with van der Waals surface area (Å²) in [5.74, 6) is 0. The molecule has 48 heavy (non-hydrogen) atoms. The summed E-state index contributed by atoms with van der Waals surface area (Å²) in [4.78, 5) is 0. The van der Waals surface area contributed by atoms with E-state index in [1.165, 1.54) is 97.1 Å². The van der Waals surface area contributed by atoms with Crippen molar-refractivity contribution in [3.05, 3.63) is 150 Å². The van der Waals surface area contributed by atoms with Gasteiger partial charge in [-0.25, -0.2) is 12.1 Å². The third kappa shape index (κ3) is 9.82. The zero-order chi connectivity index (χ0) is 33.0. The molecule has 0 N–H and O–H groups in total. The van der Waals surface area contributed by atoms with Gasteiger partial charge in [0.05, 0.1) is 0 Å². The molecule has 0 nitrogen and oxygen atoms in total. The first-order valence-electron chi connectivity index (χ1n) is 17.5. The van der Waals surface area contributed by atoms with Crippen LogP contribution in [0.4, 0.5) is 0 Å². The van der Waals surface area contributed by atoms with E-state index >= 15 is 0 Å². The summed E-state index contributed by atoms with van der Waals surface area (Å²) in [7, 11) is -2.54. The first-order chi connectivity index (χ1) is 22.4. The number of hydrogen-bond acceptors (Lipinski definition) is 0. The van der Waals surface area contributed by atoms with Gasteiger partial charge in [0.25, 0.3) is 0 Å². The summed E-state index contributed by atoms with van der Waals surface area (Å²) in [5, 5.41) is 3.29. The molecule has 0 atom stereocenters. The molecule has 0 unspecified atom stereocenters. The van der Waals surface area contributed by atoms with Gasteiger partial charge in [0.2, 0.25) is 0 Å². The van der Waals surface area contributed by atoms with Crippen molar-refractivity contribution in [1.82, 2.24) is 0 Å². The van der Waals surface area contributed by atoms with E-state index < -0.39 is 16.1 Å². The molecule has 0 aliphatic heterocycles. The van der Waals surface area contributed by atoms with Crippen molar-refractivity contribution >= 4 is 29.7 Å². The molecule has 0 radical (unpaired) electrons. The Labute approximate surface area is 321 Å². The van der Waals surface area contributed by atoms with Crippen LogP contribution in [0.5, 0.6) is 0 Å². The van der Waals surface area contributed by atoms with Gasteiger partial charge in [-0.1, -0.05) is 35.4 Å². The van der Waals surface area contributed by atoms with Crippen LogP contribution in [0.2, 0.25) is 36.3 Å². The van der Waals surface area contributed by atoms with E-state index in [1.54, 1.807) is 10.4 Å². The van der Waals surface area contributed by atoms with Crippen LogP contribution in [0.1, 0.15) is 63.8 Å². The minimum atomic E-state index is -1.27. The molecular formula is C43H52Cl2Si2Zr-2. The van der Waals surface area contributed by atoms with Crippen LogP contribution in [0.15, 0.2) is 121 Å². The van der Waals surface area contributed by atoms with Gasteiger partial charge in [0.1, 0.15) is 0 Å². The van der Waals surface area contributed by atoms with Gasteiger partial charge in [-0.05, 0) is 6.42 Å². The quantitative estimate of drug-likeness (QED) is 0.140. The van der Waals surface area contributed by atoms with Gasteiger partial charge >= 0.3 is 191 Å². The van der Waals surface area contributed by atoms with Gasteiger partial charge in [0, 0.05) is 0 Å². The standard InChI is InChI=1S/C25H38Si2.C13H9.C5H5.2ClH.Zr/c1-7-26(8-2,9-3)24-17-13-22(14-18-24)21-23-15-19-25(20-16-23)27(10-4,11-5)12-6;1-3-7-12-10(5-1)9-11-6-2-4-8-13(11)12;1-2-4-5-3-1;;;/h13-20H,7-12H2,1-6H3;1-5,7-8H,9H2;1-5H;2*1H;/q;2*-1;;;+2/p-2. The average Bonchev–Trinajstić information content (AvgIpc) is 3.84. The first kappa shape index (κ1) is 42.2. The Morgan fingerprint density at radius 1 is 0.583 bits per heavy atom. The molecule has 0 amide bonds. The van der Waals surface area contributed by atoms with E-state index in [2.05, 4.69) is 133 Å². The number of fused-ring (bicyclic) bond motifs is 3. The van der Waals surface area contributed by atoms with Crippen molar-refractivity contribution in [3.63, 3.8) is 0 Å². The van der Waals surface area contributed by atoms with E-state index in [0.29, 0.717) is 0 Å². The zero-order valence-electron chi connectivity index (χ0n) is 29.8. The fourth-order valence-electron chi connectivity index (χ4n) is 7.19. The Kier molecular flexibility index (Phi) is 18.1. The Bertz CT molecular complexity index is 1490. The number of rotatable bonds is 10. The third-order valence-corrected chi connectivity index (χ3v) is 23.5. The van der Waals surface area contributed by atoms with Gasteiger partial charge in [-0.2, -0.15) is 48.0 Å². The largest absolute Gasteiger partial charge is 1.00 e. The summed E-state index contributed by atoms with van der Waals surface area (Å²) in [6.07, 6.45) is 1.05. The molecular weight excluding hydrogens is 735 g/mol. The number of halogens is 2. The molecule has 0 heterocycles. The van der Waals surface area contributed by atoms with Gasteiger partial charge in [-0.3, -0.25) is 0 Å². The first-order valence-corrected chi connectivity index (χ1v) is 23.9. The van der Waals surface area contributed by atoms with E-state index in [1.807, 2.05) is 36.4 Å². The van der Waals surface area contributed by atoms with Crippen LogP contribution < -0.4 is 35.2 Å². The number of hydrogen-bond donors (Lipinski definition) is 0. The van der Waals surface area contributed by atoms with Crippen LogP contribution in [0, 0.1) is 6.07 Å². The van der Waals surface area contributed by atoms with E-state index in [4.69, 9.17) is 0 Å². The second-order valence-corrected chi connectivity index (χ2v) is 24.3. The van der Waals surface area contributed by atoms with E-state index in [0.717, 1.165) is 6.42 Å². The Balaban J connectivity index is 0.000000326. The second kappa shape index (κ2) is 20.6. The smallest absolute Gasteiger partial charge is 0.0253 e. The monoisotopic (exact) mass is 784 g/mol. The van der Waals surface area contributed by atoms with Gasteiger partial charge in [-0.15, -0.1) is 5.56 Å². The maximum atomic E-state index is 3.30. The SMILES string of the molecule is CC[Si](CC)(CC)c1ccc([C](=[Zr+2])c2ccc([Si](CC)(CC)CC)cc2)cc1.[Cl-].[Cl-].[c-]1cccc2c1Cc1ccccc1-2.c1cc[cH-]c1. The average molecular weight is 787 g/mol. The van der Waals surface area contributed by atoms with E-state index in [9.17, 15) is 0 Å². The van der Waals surface area contributed by atoms with Crippen molar-refractivity contribution in [2.75, 3.05) is 0 Å². The third-order valence-electron chi connectivity index (χ3n) is 10.8. The van der Waals surface area contributed by atoms with Crippen LogP contribution in [-0.2, 0) is 30.7 Å². The topological polar surface area (TPSA) is 0 Å². The molecule has 5 aromatic rings. The van der Waals surface area contributed by atoms with Crippen molar-refractivity contribution < 1.29 is 49.0 Å². The van der Waals surface area contributed by atoms with Crippen molar-refractivity contribution in [2.24, 2.45) is 0 Å². The Morgan fingerprint density at radius 3 is 1.44 bits per heavy atom.